The molecule has 0 spiro atoms. The predicted octanol–water partition coefficient (Wildman–Crippen LogP) is 1.64. The lowest BCUT2D eigenvalue weighted by Gasteiger charge is -2.05. The second kappa shape index (κ2) is 6.57. The van der Waals surface area contributed by atoms with Gasteiger partial charge in [0, 0.05) is 12.4 Å². The molecule has 0 saturated carbocycles. The Bertz CT molecular complexity index is 1170. The summed E-state index contributed by atoms with van der Waals surface area (Å²) in [7, 11) is 0. The molecule has 0 bridgehead atoms. The number of ketones is 1. The smallest absolute Gasteiger partial charge is 0.356 e. The maximum absolute atomic E-state index is 12.4. The average molecular weight is 384 g/mol. The molecule has 0 radical (unpaired) electrons. The molecule has 1 N–H and O–H groups in total. The highest BCUT2D eigenvalue weighted by Crippen LogP contribution is 2.20. The van der Waals surface area contributed by atoms with E-state index in [-0.39, 0.29) is 29.1 Å². The minimum atomic E-state index is -1.17. The number of pyridine rings is 1. The van der Waals surface area contributed by atoms with Gasteiger partial charge in [0.25, 0.3) is 0 Å². The molecule has 11 heteroatoms. The maximum atomic E-state index is 12.4. The summed E-state index contributed by atoms with van der Waals surface area (Å²) < 4.78 is 2.77. The van der Waals surface area contributed by atoms with Crippen molar-refractivity contribution in [1.82, 2.24) is 34.3 Å². The first-order valence-electron chi connectivity index (χ1n) is 7.65. The zero-order valence-electron chi connectivity index (χ0n) is 13.5. The van der Waals surface area contributed by atoms with Crippen LogP contribution < -0.4 is 0 Å². The van der Waals surface area contributed by atoms with Gasteiger partial charge in [-0.25, -0.2) is 14.5 Å². The number of imidazole rings is 1. The van der Waals surface area contributed by atoms with Crippen LogP contribution in [0.25, 0.3) is 17.0 Å². The highest BCUT2D eigenvalue weighted by atomic mass is 35.5. The van der Waals surface area contributed by atoms with Crippen molar-refractivity contribution in [3.8, 4) is 5.82 Å². The van der Waals surface area contributed by atoms with Gasteiger partial charge in [0.1, 0.15) is 5.69 Å². The number of carbonyl (C=O) groups is 2. The lowest BCUT2D eigenvalue weighted by Crippen LogP contribution is -2.12. The van der Waals surface area contributed by atoms with E-state index in [0.29, 0.717) is 16.9 Å². The van der Waals surface area contributed by atoms with Gasteiger partial charge in [-0.2, -0.15) is 15.1 Å². The Labute approximate surface area is 156 Å². The Morgan fingerprint density at radius 1 is 1.11 bits per heavy atom. The number of Topliss-reactive ketones (excluding diaryl/α,β-unsaturated/α-hetero) is 1. The van der Waals surface area contributed by atoms with E-state index in [9.17, 15) is 9.59 Å². The van der Waals surface area contributed by atoms with Gasteiger partial charge in [-0.1, -0.05) is 6.07 Å². The molecule has 10 nitrogen and oxygen atoms in total. The summed E-state index contributed by atoms with van der Waals surface area (Å²) in [5.74, 6) is -1.18. The number of rotatable bonds is 5. The molecule has 0 unspecified atom stereocenters. The number of carboxylic acid groups (broad SMARTS) is 1. The fourth-order valence-corrected chi connectivity index (χ4v) is 2.66. The monoisotopic (exact) mass is 383 g/mol. The summed E-state index contributed by atoms with van der Waals surface area (Å²) in [6, 6.07) is 6.39. The van der Waals surface area contributed by atoms with Crippen molar-refractivity contribution >= 4 is 34.5 Å². The van der Waals surface area contributed by atoms with Crippen molar-refractivity contribution in [3.63, 3.8) is 0 Å². The molecular formula is C16H10ClN7O3. The van der Waals surface area contributed by atoms with E-state index in [2.05, 4.69) is 25.0 Å². The van der Waals surface area contributed by atoms with Gasteiger partial charge in [-0.05, 0) is 29.8 Å². The third-order valence-corrected chi connectivity index (χ3v) is 3.88. The molecule has 0 fully saturated rings. The first-order valence-corrected chi connectivity index (χ1v) is 8.02. The summed E-state index contributed by atoms with van der Waals surface area (Å²) in [6.45, 7) is -0.0419. The van der Waals surface area contributed by atoms with Gasteiger partial charge in [0.15, 0.2) is 22.7 Å². The summed E-state index contributed by atoms with van der Waals surface area (Å²) in [4.78, 5) is 39.9. The molecule has 4 heterocycles. The molecular weight excluding hydrogens is 374 g/mol. The van der Waals surface area contributed by atoms with Crippen molar-refractivity contribution < 1.29 is 14.7 Å². The average Bonchev–Trinajstić information content (AvgIpc) is 3.30. The molecule has 0 saturated heterocycles. The van der Waals surface area contributed by atoms with Gasteiger partial charge in [-0.3, -0.25) is 9.78 Å². The zero-order valence-corrected chi connectivity index (χ0v) is 14.3. The Morgan fingerprint density at radius 2 is 1.96 bits per heavy atom. The molecule has 134 valence electrons. The molecule has 0 aliphatic rings. The minimum Gasteiger partial charge on any atom is -0.476 e. The molecule has 0 aromatic carbocycles. The minimum absolute atomic E-state index is 0.0419. The number of aromatic nitrogens is 7. The van der Waals surface area contributed by atoms with Crippen LogP contribution in [0, 0.1) is 0 Å². The van der Waals surface area contributed by atoms with E-state index >= 15 is 0 Å². The number of hydrogen-bond acceptors (Lipinski definition) is 7. The van der Waals surface area contributed by atoms with Gasteiger partial charge in [-0.15, -0.1) is 0 Å². The normalized spacial score (nSPS) is 11.0. The van der Waals surface area contributed by atoms with Crippen molar-refractivity contribution in [3.05, 3.63) is 59.7 Å². The van der Waals surface area contributed by atoms with Crippen molar-refractivity contribution in [2.75, 3.05) is 0 Å². The fraction of sp³-hybridized carbons (Fsp3) is 0.0625. The summed E-state index contributed by atoms with van der Waals surface area (Å²) in [5, 5.41) is 12.9. The molecule has 27 heavy (non-hydrogen) atoms. The third kappa shape index (κ3) is 3.13. The van der Waals surface area contributed by atoms with Gasteiger partial charge < -0.3 is 9.67 Å². The number of carbonyl (C=O) groups excluding carboxylic acids is 1. The Hall–Kier alpha value is -3.66. The maximum Gasteiger partial charge on any atom is 0.356 e. The van der Waals surface area contributed by atoms with E-state index in [1.54, 1.807) is 18.2 Å². The summed E-state index contributed by atoms with van der Waals surface area (Å²) in [6.07, 6.45) is 4.40. The molecule has 4 aromatic rings. The second-order valence-corrected chi connectivity index (χ2v) is 5.79. The third-order valence-electron chi connectivity index (χ3n) is 3.71. The molecule has 0 atom stereocenters. The molecule has 0 aliphatic carbocycles. The van der Waals surface area contributed by atoms with Crippen molar-refractivity contribution in [1.29, 1.82) is 0 Å². The Kier molecular flexibility index (Phi) is 4.09. The van der Waals surface area contributed by atoms with Crippen LogP contribution >= 0.6 is 11.6 Å². The van der Waals surface area contributed by atoms with E-state index in [4.69, 9.17) is 16.7 Å². The molecule has 0 amide bonds. The van der Waals surface area contributed by atoms with Crippen LogP contribution in [0.15, 0.2) is 43.0 Å². The number of carboxylic acids is 1. The van der Waals surface area contributed by atoms with Crippen LogP contribution in [-0.4, -0.2) is 51.1 Å². The number of aromatic carboxylic acids is 1. The highest BCUT2D eigenvalue weighted by molar-refractivity contribution is 6.28. The fourth-order valence-electron chi connectivity index (χ4n) is 2.50. The van der Waals surface area contributed by atoms with Gasteiger partial charge in [0.05, 0.1) is 12.9 Å². The van der Waals surface area contributed by atoms with E-state index < -0.39 is 5.97 Å². The van der Waals surface area contributed by atoms with Crippen LogP contribution in [0.2, 0.25) is 5.28 Å². The predicted molar refractivity (Wildman–Crippen MR) is 93.0 cm³/mol. The number of nitrogens with zero attached hydrogens (tertiary/aromatic N) is 7. The lowest BCUT2D eigenvalue weighted by atomic mass is 10.2. The number of halogens is 1. The second-order valence-electron chi connectivity index (χ2n) is 5.45. The largest absolute Gasteiger partial charge is 0.476 e. The highest BCUT2D eigenvalue weighted by Gasteiger charge is 2.18. The van der Waals surface area contributed by atoms with E-state index in [1.807, 2.05) is 0 Å². The van der Waals surface area contributed by atoms with Crippen LogP contribution in [-0.2, 0) is 6.54 Å². The zero-order chi connectivity index (χ0) is 19.0. The first-order chi connectivity index (χ1) is 13.0. The SMILES string of the molecule is O=C(O)c1ccn(-c2nc(Cl)nc3c2ncn3CC(=O)c2ccccn2)n1. The molecule has 4 aromatic heterocycles. The molecule has 4 rings (SSSR count). The quantitative estimate of drug-likeness (QED) is 0.406. The van der Waals surface area contributed by atoms with Crippen molar-refractivity contribution in [2.24, 2.45) is 0 Å². The Balaban J connectivity index is 1.76. The molecule has 0 aliphatic heterocycles. The van der Waals surface area contributed by atoms with E-state index in [0.717, 1.165) is 0 Å². The topological polar surface area (TPSA) is 129 Å². The van der Waals surface area contributed by atoms with Gasteiger partial charge >= 0.3 is 5.97 Å². The summed E-state index contributed by atoms with van der Waals surface area (Å²) >= 11 is 6.01. The van der Waals surface area contributed by atoms with Crippen LogP contribution in [0.5, 0.6) is 0 Å². The van der Waals surface area contributed by atoms with Crippen LogP contribution in [0.3, 0.4) is 0 Å². The Morgan fingerprint density at radius 3 is 2.67 bits per heavy atom. The van der Waals surface area contributed by atoms with E-state index in [1.165, 1.54) is 34.0 Å². The number of hydrogen-bond donors (Lipinski definition) is 1. The summed E-state index contributed by atoms with van der Waals surface area (Å²) in [5.41, 5.74) is 0.815. The van der Waals surface area contributed by atoms with Gasteiger partial charge in [0.2, 0.25) is 11.1 Å². The van der Waals surface area contributed by atoms with Crippen LogP contribution in [0.1, 0.15) is 21.0 Å². The number of fused-ring (bicyclic) bond motifs is 1. The standard InChI is InChI=1S/C16H10ClN7O3/c17-16-20-13-12(14(21-16)24-6-4-10(22-24)15(26)27)19-8-23(13)7-11(25)9-3-1-2-5-18-9/h1-6,8H,7H2,(H,26,27). The lowest BCUT2D eigenvalue weighted by molar-refractivity contribution is 0.0689. The van der Waals surface area contributed by atoms with Crippen molar-refractivity contribution in [2.45, 2.75) is 6.54 Å². The first kappa shape index (κ1) is 16.8. The van der Waals surface area contributed by atoms with Crippen LogP contribution in [0.4, 0.5) is 0 Å².